The number of hydrogen-bond acceptors (Lipinski definition) is 3. The van der Waals surface area contributed by atoms with Crippen molar-refractivity contribution in [3.05, 3.63) is 91.1 Å². The Morgan fingerprint density at radius 3 is 2.30 bits per heavy atom. The standard InChI is InChI=1S/C24H16N2O/c27-23-7-2-1-5-19(23)22-13-12-17-10-8-16-9-11-18(15-20(16)24(17)26-22)21-6-3-4-14-25-21/h1-15,27H. The second kappa shape index (κ2) is 6.22. The van der Waals surface area contributed by atoms with Crippen LogP contribution in [-0.4, -0.2) is 15.1 Å². The molecule has 0 aliphatic carbocycles. The number of nitrogens with zero attached hydrogens (tertiary/aromatic N) is 2. The Balaban J connectivity index is 1.77. The summed E-state index contributed by atoms with van der Waals surface area (Å²) in [7, 11) is 0. The summed E-state index contributed by atoms with van der Waals surface area (Å²) >= 11 is 0. The van der Waals surface area contributed by atoms with Crippen LogP contribution in [0.5, 0.6) is 5.75 Å². The maximum Gasteiger partial charge on any atom is 0.124 e. The van der Waals surface area contributed by atoms with E-state index >= 15 is 0 Å². The summed E-state index contributed by atoms with van der Waals surface area (Å²) in [5, 5.41) is 13.5. The summed E-state index contributed by atoms with van der Waals surface area (Å²) in [6.45, 7) is 0. The highest BCUT2D eigenvalue weighted by atomic mass is 16.3. The number of fused-ring (bicyclic) bond motifs is 3. The average molecular weight is 348 g/mol. The Bertz CT molecular complexity index is 1280. The third-order valence-electron chi connectivity index (χ3n) is 4.82. The number of benzene rings is 3. The molecule has 128 valence electrons. The van der Waals surface area contributed by atoms with Crippen LogP contribution in [0.15, 0.2) is 91.1 Å². The fourth-order valence-electron chi connectivity index (χ4n) is 3.44. The van der Waals surface area contributed by atoms with E-state index in [1.165, 1.54) is 0 Å². The highest BCUT2D eigenvalue weighted by Gasteiger charge is 2.09. The van der Waals surface area contributed by atoms with Crippen molar-refractivity contribution in [3.63, 3.8) is 0 Å². The lowest BCUT2D eigenvalue weighted by Gasteiger charge is -2.09. The molecular formula is C24H16N2O. The molecular weight excluding hydrogens is 332 g/mol. The van der Waals surface area contributed by atoms with Gasteiger partial charge >= 0.3 is 0 Å². The molecule has 27 heavy (non-hydrogen) atoms. The summed E-state index contributed by atoms with van der Waals surface area (Å²) in [6.07, 6.45) is 1.80. The van der Waals surface area contributed by atoms with Gasteiger partial charge in [0.2, 0.25) is 0 Å². The first-order chi connectivity index (χ1) is 13.3. The Labute approximate surface area is 156 Å². The van der Waals surface area contributed by atoms with Crippen molar-refractivity contribution < 1.29 is 5.11 Å². The van der Waals surface area contributed by atoms with Gasteiger partial charge in [0.25, 0.3) is 0 Å². The van der Waals surface area contributed by atoms with Crippen LogP contribution in [0.1, 0.15) is 0 Å². The van der Waals surface area contributed by atoms with Crippen LogP contribution in [0.4, 0.5) is 0 Å². The minimum atomic E-state index is 0.235. The fourth-order valence-corrected chi connectivity index (χ4v) is 3.44. The average Bonchev–Trinajstić information content (AvgIpc) is 2.74. The molecule has 3 nitrogen and oxygen atoms in total. The number of hydrogen-bond donors (Lipinski definition) is 1. The fraction of sp³-hybridized carbons (Fsp3) is 0. The Morgan fingerprint density at radius 2 is 1.44 bits per heavy atom. The van der Waals surface area contributed by atoms with Crippen LogP contribution in [0.3, 0.4) is 0 Å². The maximum absolute atomic E-state index is 10.2. The SMILES string of the molecule is Oc1ccccc1-c1ccc2ccc3ccc(-c4ccccn4)cc3c2n1. The minimum Gasteiger partial charge on any atom is -0.507 e. The molecule has 0 saturated carbocycles. The van der Waals surface area contributed by atoms with Gasteiger partial charge in [-0.3, -0.25) is 4.98 Å². The van der Waals surface area contributed by atoms with E-state index in [1.54, 1.807) is 12.3 Å². The number of phenols is 1. The van der Waals surface area contributed by atoms with Gasteiger partial charge < -0.3 is 5.11 Å². The van der Waals surface area contributed by atoms with Crippen molar-refractivity contribution in [2.75, 3.05) is 0 Å². The second-order valence-electron chi connectivity index (χ2n) is 6.50. The molecule has 2 aromatic heterocycles. The summed E-state index contributed by atoms with van der Waals surface area (Å²) < 4.78 is 0. The van der Waals surface area contributed by atoms with Crippen LogP contribution < -0.4 is 0 Å². The molecule has 5 rings (SSSR count). The van der Waals surface area contributed by atoms with E-state index in [0.717, 1.165) is 44.2 Å². The van der Waals surface area contributed by atoms with Gasteiger partial charge in [0, 0.05) is 28.1 Å². The van der Waals surface area contributed by atoms with Crippen LogP contribution >= 0.6 is 0 Å². The highest BCUT2D eigenvalue weighted by molar-refractivity contribution is 6.07. The number of phenolic OH excluding ortho intramolecular Hbond substituents is 1. The number of aromatic nitrogens is 2. The quantitative estimate of drug-likeness (QED) is 0.409. The van der Waals surface area contributed by atoms with Gasteiger partial charge in [0.1, 0.15) is 5.75 Å². The lowest BCUT2D eigenvalue weighted by Crippen LogP contribution is -1.89. The first-order valence-electron chi connectivity index (χ1n) is 8.83. The molecule has 0 spiro atoms. The topological polar surface area (TPSA) is 46.0 Å². The van der Waals surface area contributed by atoms with Crippen molar-refractivity contribution in [2.45, 2.75) is 0 Å². The van der Waals surface area contributed by atoms with Crippen molar-refractivity contribution in [2.24, 2.45) is 0 Å². The van der Waals surface area contributed by atoms with E-state index in [1.807, 2.05) is 42.5 Å². The molecule has 0 saturated heterocycles. The van der Waals surface area contributed by atoms with Gasteiger partial charge in [-0.25, -0.2) is 4.98 Å². The molecule has 0 fully saturated rings. The molecule has 2 heterocycles. The zero-order valence-electron chi connectivity index (χ0n) is 14.5. The van der Waals surface area contributed by atoms with E-state index in [0.29, 0.717) is 0 Å². The van der Waals surface area contributed by atoms with Gasteiger partial charge in [-0.2, -0.15) is 0 Å². The van der Waals surface area contributed by atoms with Gasteiger partial charge in [-0.1, -0.05) is 48.5 Å². The predicted molar refractivity (Wildman–Crippen MR) is 110 cm³/mol. The highest BCUT2D eigenvalue weighted by Crippen LogP contribution is 2.32. The molecule has 0 amide bonds. The molecule has 1 N–H and O–H groups in total. The maximum atomic E-state index is 10.2. The molecule has 5 aromatic rings. The zero-order valence-corrected chi connectivity index (χ0v) is 14.5. The smallest absolute Gasteiger partial charge is 0.124 e. The van der Waals surface area contributed by atoms with E-state index in [9.17, 15) is 5.11 Å². The van der Waals surface area contributed by atoms with Crippen molar-refractivity contribution in [1.29, 1.82) is 0 Å². The number of pyridine rings is 2. The Kier molecular flexibility index (Phi) is 3.58. The number of rotatable bonds is 2. The number of aromatic hydroxyl groups is 1. The molecule has 0 radical (unpaired) electrons. The molecule has 0 aliphatic heterocycles. The first-order valence-corrected chi connectivity index (χ1v) is 8.83. The largest absolute Gasteiger partial charge is 0.507 e. The lowest BCUT2D eigenvalue weighted by molar-refractivity contribution is 0.477. The van der Waals surface area contributed by atoms with E-state index in [4.69, 9.17) is 4.98 Å². The van der Waals surface area contributed by atoms with Crippen molar-refractivity contribution in [3.8, 4) is 28.3 Å². The van der Waals surface area contributed by atoms with Crippen LogP contribution in [0.25, 0.3) is 44.2 Å². The van der Waals surface area contributed by atoms with Gasteiger partial charge in [0.15, 0.2) is 0 Å². The van der Waals surface area contributed by atoms with Crippen molar-refractivity contribution in [1.82, 2.24) is 9.97 Å². The van der Waals surface area contributed by atoms with Crippen LogP contribution in [0, 0.1) is 0 Å². The van der Waals surface area contributed by atoms with E-state index < -0.39 is 0 Å². The summed E-state index contributed by atoms with van der Waals surface area (Å²) in [6, 6.07) is 27.7. The summed E-state index contributed by atoms with van der Waals surface area (Å²) in [5.41, 5.74) is 4.42. The normalized spacial score (nSPS) is 11.1. The summed E-state index contributed by atoms with van der Waals surface area (Å²) in [5.74, 6) is 0.235. The van der Waals surface area contributed by atoms with E-state index in [2.05, 4.69) is 41.4 Å². The molecule has 0 aliphatic rings. The van der Waals surface area contributed by atoms with Crippen LogP contribution in [0.2, 0.25) is 0 Å². The van der Waals surface area contributed by atoms with E-state index in [-0.39, 0.29) is 5.75 Å². The lowest BCUT2D eigenvalue weighted by atomic mass is 10.0. The third kappa shape index (κ3) is 2.70. The molecule has 3 heteroatoms. The molecule has 3 aromatic carbocycles. The molecule has 0 bridgehead atoms. The predicted octanol–water partition coefficient (Wildman–Crippen LogP) is 5.82. The molecule has 0 atom stereocenters. The van der Waals surface area contributed by atoms with Crippen molar-refractivity contribution >= 4 is 21.7 Å². The zero-order chi connectivity index (χ0) is 18.2. The van der Waals surface area contributed by atoms with Gasteiger partial charge in [-0.05, 0) is 41.8 Å². The first kappa shape index (κ1) is 15.5. The second-order valence-corrected chi connectivity index (χ2v) is 6.50. The van der Waals surface area contributed by atoms with Gasteiger partial charge in [0.05, 0.1) is 16.9 Å². The molecule has 0 unspecified atom stereocenters. The summed E-state index contributed by atoms with van der Waals surface area (Å²) in [4.78, 5) is 9.35. The van der Waals surface area contributed by atoms with Crippen LogP contribution in [-0.2, 0) is 0 Å². The monoisotopic (exact) mass is 348 g/mol. The Hall–Kier alpha value is -3.72. The Morgan fingerprint density at radius 1 is 0.667 bits per heavy atom. The van der Waals surface area contributed by atoms with Gasteiger partial charge in [-0.15, -0.1) is 0 Å². The minimum absolute atomic E-state index is 0.235. The third-order valence-corrected chi connectivity index (χ3v) is 4.82. The number of para-hydroxylation sites is 1.